The number of amides is 1. The fourth-order valence-electron chi connectivity index (χ4n) is 8.21. The van der Waals surface area contributed by atoms with E-state index in [1.165, 1.54) is 13.5 Å². The fraction of sp³-hybridized carbons (Fsp3) is 0.364. The van der Waals surface area contributed by atoms with Gasteiger partial charge in [0.05, 0.1) is 28.7 Å². The second-order valence-corrected chi connectivity index (χ2v) is 13.0. The van der Waals surface area contributed by atoms with Gasteiger partial charge in [-0.1, -0.05) is 47.8 Å². The number of likely N-dealkylation sites (tertiary alicyclic amines) is 1. The summed E-state index contributed by atoms with van der Waals surface area (Å²) in [5, 5.41) is 3.67. The summed E-state index contributed by atoms with van der Waals surface area (Å²) in [5.74, 6) is -0.865. The van der Waals surface area contributed by atoms with Crippen LogP contribution < -0.4 is 5.32 Å². The number of rotatable bonds is 4. The Bertz CT molecular complexity index is 1840. The van der Waals surface area contributed by atoms with Crippen LogP contribution in [-0.2, 0) is 21.6 Å². The van der Waals surface area contributed by atoms with Crippen molar-refractivity contribution in [3.05, 3.63) is 93.0 Å². The largest absolute Gasteiger partial charge is 0.465 e. The van der Waals surface area contributed by atoms with E-state index in [2.05, 4.69) is 14.8 Å². The van der Waals surface area contributed by atoms with E-state index in [1.54, 1.807) is 42.5 Å². The molecule has 3 aliphatic heterocycles. The molecule has 1 spiro atoms. The maximum Gasteiger partial charge on any atom is 0.337 e. The van der Waals surface area contributed by atoms with Crippen molar-refractivity contribution in [3.8, 4) is 0 Å². The highest BCUT2D eigenvalue weighted by atomic mass is 35.5. The van der Waals surface area contributed by atoms with Gasteiger partial charge in [-0.15, -0.1) is 0 Å². The molecule has 0 unspecified atom stereocenters. The lowest BCUT2D eigenvalue weighted by Crippen LogP contribution is -2.54. The molecule has 2 fully saturated rings. The number of imidazole rings is 1. The number of aromatic nitrogens is 2. The standard InChI is InChI=1S/C33H29Cl2FN4O3/c1-43-31(41)18-8-11-25-24(14-18)37-30-27-26(12-13-39(25)30)40(16-17-4-2-5-17)33(28(27)20-6-3-7-22(35)29(20)36)21-10-9-19(34)15-23(21)38-32(33)42/h3,6-11,14-15,17,26-28H,2,4-5,12-13,16H2,1H3,(H,38,42)/t26-,27+,28-,33+/m0/s1. The van der Waals surface area contributed by atoms with Crippen LogP contribution in [0.3, 0.4) is 0 Å². The van der Waals surface area contributed by atoms with E-state index in [4.69, 9.17) is 32.9 Å². The van der Waals surface area contributed by atoms with E-state index in [0.29, 0.717) is 39.8 Å². The molecule has 1 N–H and O–H groups in total. The smallest absolute Gasteiger partial charge is 0.337 e. The first-order valence-electron chi connectivity index (χ1n) is 14.7. The first-order valence-corrected chi connectivity index (χ1v) is 15.5. The monoisotopic (exact) mass is 618 g/mol. The molecule has 4 aromatic rings. The number of halogens is 3. The number of hydrogen-bond donors (Lipinski definition) is 1. The zero-order valence-electron chi connectivity index (χ0n) is 23.4. The Labute approximate surface area is 257 Å². The molecule has 4 heterocycles. The molecule has 3 aromatic carbocycles. The maximum atomic E-state index is 16.3. The fourth-order valence-corrected chi connectivity index (χ4v) is 8.57. The summed E-state index contributed by atoms with van der Waals surface area (Å²) < 4.78 is 23.4. The number of nitrogens with zero attached hydrogens (tertiary/aromatic N) is 3. The lowest BCUT2D eigenvalue weighted by Gasteiger charge is -2.43. The van der Waals surface area contributed by atoms with Gasteiger partial charge in [0.2, 0.25) is 5.91 Å². The highest BCUT2D eigenvalue weighted by Gasteiger charge is 2.68. The number of anilines is 1. The minimum Gasteiger partial charge on any atom is -0.465 e. The van der Waals surface area contributed by atoms with Crippen LogP contribution in [0.15, 0.2) is 54.6 Å². The van der Waals surface area contributed by atoms with Gasteiger partial charge in [-0.3, -0.25) is 9.69 Å². The molecule has 1 aromatic heterocycles. The van der Waals surface area contributed by atoms with Crippen LogP contribution in [0.2, 0.25) is 10.0 Å². The highest BCUT2D eigenvalue weighted by Crippen LogP contribution is 2.64. The Morgan fingerprint density at radius 3 is 2.74 bits per heavy atom. The topological polar surface area (TPSA) is 76.5 Å². The highest BCUT2D eigenvalue weighted by molar-refractivity contribution is 6.31. The molecule has 1 aliphatic carbocycles. The summed E-state index contributed by atoms with van der Waals surface area (Å²) in [4.78, 5) is 34.4. The molecule has 220 valence electrons. The van der Waals surface area contributed by atoms with Crippen molar-refractivity contribution < 1.29 is 18.7 Å². The van der Waals surface area contributed by atoms with Gasteiger partial charge in [0.25, 0.3) is 0 Å². The Hall–Kier alpha value is -3.46. The third-order valence-electron chi connectivity index (χ3n) is 10.2. The van der Waals surface area contributed by atoms with E-state index in [-0.39, 0.29) is 22.9 Å². The lowest BCUT2D eigenvalue weighted by molar-refractivity contribution is -0.128. The molecular weight excluding hydrogens is 590 g/mol. The summed E-state index contributed by atoms with van der Waals surface area (Å²) in [6.07, 6.45) is 4.13. The van der Waals surface area contributed by atoms with Gasteiger partial charge < -0.3 is 14.6 Å². The molecule has 10 heteroatoms. The van der Waals surface area contributed by atoms with Crippen LogP contribution >= 0.6 is 23.2 Å². The van der Waals surface area contributed by atoms with Gasteiger partial charge >= 0.3 is 5.97 Å². The van der Waals surface area contributed by atoms with Crippen molar-refractivity contribution in [2.45, 2.75) is 55.6 Å². The molecule has 43 heavy (non-hydrogen) atoms. The number of methoxy groups -OCH3 is 1. The molecule has 4 atom stereocenters. The number of benzene rings is 3. The third kappa shape index (κ3) is 3.72. The Morgan fingerprint density at radius 2 is 1.98 bits per heavy atom. The van der Waals surface area contributed by atoms with Crippen molar-refractivity contribution in [3.63, 3.8) is 0 Å². The van der Waals surface area contributed by atoms with E-state index >= 15 is 4.39 Å². The zero-order valence-corrected chi connectivity index (χ0v) is 25.0. The average molecular weight is 620 g/mol. The van der Waals surface area contributed by atoms with Gasteiger partial charge in [0.1, 0.15) is 17.2 Å². The predicted molar refractivity (Wildman–Crippen MR) is 162 cm³/mol. The van der Waals surface area contributed by atoms with Crippen molar-refractivity contribution >= 4 is 51.8 Å². The number of ether oxygens (including phenoxy) is 1. The predicted octanol–water partition coefficient (Wildman–Crippen LogP) is 6.87. The quantitative estimate of drug-likeness (QED) is 0.253. The first kappa shape index (κ1) is 27.1. The maximum absolute atomic E-state index is 16.3. The number of carbonyl (C=O) groups is 2. The van der Waals surface area contributed by atoms with E-state index in [1.807, 2.05) is 12.1 Å². The Balaban J connectivity index is 1.41. The van der Waals surface area contributed by atoms with Crippen LogP contribution in [0.25, 0.3) is 11.0 Å². The first-order chi connectivity index (χ1) is 20.8. The number of nitrogens with one attached hydrogen (secondary N) is 1. The Morgan fingerprint density at radius 1 is 1.14 bits per heavy atom. The minimum atomic E-state index is -1.19. The number of carbonyl (C=O) groups excluding carboxylic acids is 2. The molecule has 1 saturated heterocycles. The van der Waals surface area contributed by atoms with Gasteiger partial charge in [0.15, 0.2) is 0 Å². The molecule has 1 amide bonds. The van der Waals surface area contributed by atoms with Crippen molar-refractivity contribution in [1.82, 2.24) is 14.5 Å². The van der Waals surface area contributed by atoms with Crippen LogP contribution in [0.1, 0.15) is 64.8 Å². The van der Waals surface area contributed by atoms with Gasteiger partial charge in [-0.25, -0.2) is 14.2 Å². The second kappa shape index (κ2) is 9.78. The summed E-state index contributed by atoms with van der Waals surface area (Å²) in [5.41, 5.74) is 2.62. The normalized spacial score (nSPS) is 26.2. The number of hydrogen-bond acceptors (Lipinski definition) is 5. The average Bonchev–Trinajstić information content (AvgIpc) is 3.59. The molecule has 8 rings (SSSR count). The minimum absolute atomic E-state index is 0.0170. The van der Waals surface area contributed by atoms with Crippen LogP contribution in [0.4, 0.5) is 10.1 Å². The van der Waals surface area contributed by atoms with Crippen LogP contribution in [-0.4, -0.2) is 46.0 Å². The third-order valence-corrected chi connectivity index (χ3v) is 10.7. The second-order valence-electron chi connectivity index (χ2n) is 12.2. The number of fused-ring (bicyclic) bond motifs is 7. The molecule has 7 nitrogen and oxygen atoms in total. The summed E-state index contributed by atoms with van der Waals surface area (Å²) >= 11 is 12.8. The molecule has 1 saturated carbocycles. The summed E-state index contributed by atoms with van der Waals surface area (Å²) in [6.45, 7) is 1.41. The number of esters is 1. The van der Waals surface area contributed by atoms with E-state index in [0.717, 1.165) is 42.7 Å². The molecule has 0 bridgehead atoms. The van der Waals surface area contributed by atoms with Gasteiger partial charge in [-0.05, 0) is 67.1 Å². The van der Waals surface area contributed by atoms with Crippen molar-refractivity contribution in [2.24, 2.45) is 5.92 Å². The van der Waals surface area contributed by atoms with Crippen molar-refractivity contribution in [1.29, 1.82) is 0 Å². The van der Waals surface area contributed by atoms with E-state index < -0.39 is 23.2 Å². The Kier molecular flexibility index (Phi) is 6.16. The molecule has 0 radical (unpaired) electrons. The van der Waals surface area contributed by atoms with E-state index in [9.17, 15) is 9.59 Å². The summed E-state index contributed by atoms with van der Waals surface area (Å²) in [6, 6.07) is 15.9. The van der Waals surface area contributed by atoms with Crippen LogP contribution in [0, 0.1) is 11.7 Å². The lowest BCUT2D eigenvalue weighted by atomic mass is 9.70. The number of aryl methyl sites for hydroxylation is 1. The SMILES string of the molecule is COC(=O)c1ccc2c(c1)nc1n2CC[C@H]2[C@@H]1[C@H](c1cccc(Cl)c1F)[C@]1(C(=O)Nc3cc(Cl)ccc31)N2CC1CCC1. The van der Waals surface area contributed by atoms with Gasteiger partial charge in [0, 0.05) is 47.2 Å². The zero-order chi connectivity index (χ0) is 29.6. The summed E-state index contributed by atoms with van der Waals surface area (Å²) in [7, 11) is 1.35. The van der Waals surface area contributed by atoms with Gasteiger partial charge in [-0.2, -0.15) is 0 Å². The molecule has 4 aliphatic rings. The van der Waals surface area contributed by atoms with Crippen molar-refractivity contribution in [2.75, 3.05) is 19.0 Å². The molecular formula is C33H29Cl2FN4O3. The van der Waals surface area contributed by atoms with Crippen LogP contribution in [0.5, 0.6) is 0 Å².